The number of hydrogen-bond donors (Lipinski definition) is 1. The standard InChI is InChI=1S/C16H25NO/c18-16-10-7-9-15(14-16)8-3-1-4-11-17-12-5-2-6-13-17/h7,9-10,14,18H,1-6,8,11-13H2. The van der Waals surface area contributed by atoms with Crippen LogP contribution in [0.1, 0.15) is 44.1 Å². The monoisotopic (exact) mass is 247 g/mol. The van der Waals surface area contributed by atoms with E-state index in [-0.39, 0.29) is 0 Å². The van der Waals surface area contributed by atoms with Crippen LogP contribution >= 0.6 is 0 Å². The van der Waals surface area contributed by atoms with Gasteiger partial charge in [-0.1, -0.05) is 25.0 Å². The number of phenols is 1. The molecule has 2 nitrogen and oxygen atoms in total. The zero-order valence-electron chi connectivity index (χ0n) is 11.3. The van der Waals surface area contributed by atoms with Gasteiger partial charge in [0, 0.05) is 0 Å². The van der Waals surface area contributed by atoms with Gasteiger partial charge in [-0.05, 0) is 69.4 Å². The Balaban J connectivity index is 1.55. The molecule has 1 saturated heterocycles. The highest BCUT2D eigenvalue weighted by atomic mass is 16.3. The van der Waals surface area contributed by atoms with Crippen LogP contribution < -0.4 is 0 Å². The lowest BCUT2D eigenvalue weighted by Crippen LogP contribution is -2.30. The number of benzene rings is 1. The summed E-state index contributed by atoms with van der Waals surface area (Å²) in [6.45, 7) is 3.90. The third-order valence-corrected chi connectivity index (χ3v) is 3.80. The molecular weight excluding hydrogens is 222 g/mol. The Labute approximate surface area is 111 Å². The number of hydrogen-bond acceptors (Lipinski definition) is 2. The highest BCUT2D eigenvalue weighted by molar-refractivity contribution is 5.27. The topological polar surface area (TPSA) is 23.5 Å². The van der Waals surface area contributed by atoms with Crippen LogP contribution in [-0.4, -0.2) is 29.6 Å². The lowest BCUT2D eigenvalue weighted by molar-refractivity contribution is 0.224. The van der Waals surface area contributed by atoms with Gasteiger partial charge in [-0.15, -0.1) is 0 Å². The zero-order chi connectivity index (χ0) is 12.6. The minimum absolute atomic E-state index is 0.390. The van der Waals surface area contributed by atoms with Crippen LogP contribution in [-0.2, 0) is 6.42 Å². The van der Waals surface area contributed by atoms with E-state index in [0.29, 0.717) is 5.75 Å². The number of rotatable bonds is 6. The first kappa shape index (κ1) is 13.4. The normalized spacial score (nSPS) is 16.9. The second-order valence-electron chi connectivity index (χ2n) is 5.38. The summed E-state index contributed by atoms with van der Waals surface area (Å²) < 4.78 is 0. The summed E-state index contributed by atoms with van der Waals surface area (Å²) in [6, 6.07) is 7.65. The maximum Gasteiger partial charge on any atom is 0.115 e. The zero-order valence-corrected chi connectivity index (χ0v) is 11.3. The van der Waals surface area contributed by atoms with E-state index in [0.717, 1.165) is 6.42 Å². The number of aromatic hydroxyl groups is 1. The Hall–Kier alpha value is -1.02. The molecule has 1 fully saturated rings. The van der Waals surface area contributed by atoms with Crippen molar-refractivity contribution in [1.29, 1.82) is 0 Å². The smallest absolute Gasteiger partial charge is 0.115 e. The lowest BCUT2D eigenvalue weighted by Gasteiger charge is -2.26. The minimum atomic E-state index is 0.390. The lowest BCUT2D eigenvalue weighted by atomic mass is 10.1. The average Bonchev–Trinajstić information content (AvgIpc) is 2.40. The van der Waals surface area contributed by atoms with E-state index < -0.39 is 0 Å². The summed E-state index contributed by atoms with van der Waals surface area (Å²) >= 11 is 0. The van der Waals surface area contributed by atoms with Gasteiger partial charge in [0.25, 0.3) is 0 Å². The first-order chi connectivity index (χ1) is 8.84. The fourth-order valence-corrected chi connectivity index (χ4v) is 2.74. The van der Waals surface area contributed by atoms with Crippen molar-refractivity contribution >= 4 is 0 Å². The fraction of sp³-hybridized carbons (Fsp3) is 0.625. The van der Waals surface area contributed by atoms with Gasteiger partial charge in [-0.2, -0.15) is 0 Å². The van der Waals surface area contributed by atoms with Crippen molar-refractivity contribution in [2.24, 2.45) is 0 Å². The molecule has 0 aromatic heterocycles. The van der Waals surface area contributed by atoms with Crippen molar-refractivity contribution in [3.05, 3.63) is 29.8 Å². The molecule has 0 atom stereocenters. The van der Waals surface area contributed by atoms with E-state index in [1.54, 1.807) is 6.07 Å². The van der Waals surface area contributed by atoms with Gasteiger partial charge in [0.15, 0.2) is 0 Å². The van der Waals surface area contributed by atoms with Crippen molar-refractivity contribution in [3.8, 4) is 5.75 Å². The summed E-state index contributed by atoms with van der Waals surface area (Å²) in [5, 5.41) is 9.38. The van der Waals surface area contributed by atoms with Crippen LogP contribution in [0, 0.1) is 0 Å². The van der Waals surface area contributed by atoms with Crippen LogP contribution in [0.3, 0.4) is 0 Å². The summed E-state index contributed by atoms with van der Waals surface area (Å²) in [4.78, 5) is 2.61. The Morgan fingerprint density at radius 3 is 2.61 bits per heavy atom. The molecule has 1 heterocycles. The molecule has 0 saturated carbocycles. The molecule has 1 aromatic carbocycles. The van der Waals surface area contributed by atoms with E-state index in [1.165, 1.54) is 63.7 Å². The molecule has 2 rings (SSSR count). The summed E-state index contributed by atoms with van der Waals surface area (Å²) in [5.74, 6) is 0.390. The number of aryl methyl sites for hydroxylation is 1. The Bertz CT molecular complexity index is 345. The SMILES string of the molecule is Oc1cccc(CCCCCN2CCCCC2)c1. The quantitative estimate of drug-likeness (QED) is 0.777. The third kappa shape index (κ3) is 4.69. The molecule has 1 N–H and O–H groups in total. The predicted octanol–water partition coefficient (Wildman–Crippen LogP) is 3.59. The van der Waals surface area contributed by atoms with E-state index in [9.17, 15) is 5.11 Å². The predicted molar refractivity (Wildman–Crippen MR) is 76.0 cm³/mol. The number of phenolic OH excluding ortho intramolecular Hbond substituents is 1. The van der Waals surface area contributed by atoms with Gasteiger partial charge < -0.3 is 10.0 Å². The minimum Gasteiger partial charge on any atom is -0.508 e. The van der Waals surface area contributed by atoms with Gasteiger partial charge >= 0.3 is 0 Å². The van der Waals surface area contributed by atoms with Crippen molar-refractivity contribution in [2.45, 2.75) is 44.9 Å². The van der Waals surface area contributed by atoms with Crippen LogP contribution in [0.15, 0.2) is 24.3 Å². The van der Waals surface area contributed by atoms with Gasteiger partial charge in [-0.3, -0.25) is 0 Å². The third-order valence-electron chi connectivity index (χ3n) is 3.80. The molecule has 0 spiro atoms. The fourth-order valence-electron chi connectivity index (χ4n) is 2.74. The van der Waals surface area contributed by atoms with Crippen molar-refractivity contribution in [3.63, 3.8) is 0 Å². The Kier molecular flexibility index (Phi) is 5.53. The van der Waals surface area contributed by atoms with Crippen LogP contribution in [0.5, 0.6) is 5.75 Å². The Morgan fingerprint density at radius 2 is 1.83 bits per heavy atom. The molecule has 1 aromatic rings. The first-order valence-corrected chi connectivity index (χ1v) is 7.35. The van der Waals surface area contributed by atoms with E-state index in [1.807, 2.05) is 12.1 Å². The molecule has 0 unspecified atom stereocenters. The average molecular weight is 247 g/mol. The largest absolute Gasteiger partial charge is 0.508 e. The number of unbranched alkanes of at least 4 members (excludes halogenated alkanes) is 2. The number of nitrogens with zero attached hydrogens (tertiary/aromatic N) is 1. The number of likely N-dealkylation sites (tertiary alicyclic amines) is 1. The molecule has 0 amide bonds. The van der Waals surface area contributed by atoms with Gasteiger partial charge in [-0.25, -0.2) is 0 Å². The second-order valence-corrected chi connectivity index (χ2v) is 5.38. The van der Waals surface area contributed by atoms with E-state index in [2.05, 4.69) is 11.0 Å². The molecular formula is C16H25NO. The second kappa shape index (κ2) is 7.42. The number of piperidine rings is 1. The summed E-state index contributed by atoms with van der Waals surface area (Å²) in [7, 11) is 0. The molecule has 0 radical (unpaired) electrons. The van der Waals surface area contributed by atoms with Gasteiger partial charge in [0.2, 0.25) is 0 Å². The maximum absolute atomic E-state index is 9.38. The van der Waals surface area contributed by atoms with Gasteiger partial charge in [0.1, 0.15) is 5.75 Å². The van der Waals surface area contributed by atoms with Crippen LogP contribution in [0.2, 0.25) is 0 Å². The van der Waals surface area contributed by atoms with Crippen molar-refractivity contribution in [2.75, 3.05) is 19.6 Å². The van der Waals surface area contributed by atoms with E-state index >= 15 is 0 Å². The molecule has 0 aliphatic carbocycles. The molecule has 100 valence electrons. The summed E-state index contributed by atoms with van der Waals surface area (Å²) in [6.07, 6.45) is 9.15. The van der Waals surface area contributed by atoms with Gasteiger partial charge in [0.05, 0.1) is 0 Å². The highest BCUT2D eigenvalue weighted by Gasteiger charge is 2.08. The molecule has 18 heavy (non-hydrogen) atoms. The van der Waals surface area contributed by atoms with E-state index in [4.69, 9.17) is 0 Å². The van der Waals surface area contributed by atoms with Crippen molar-refractivity contribution in [1.82, 2.24) is 4.90 Å². The summed E-state index contributed by atoms with van der Waals surface area (Å²) in [5.41, 5.74) is 1.26. The molecule has 0 bridgehead atoms. The molecule has 1 aliphatic heterocycles. The van der Waals surface area contributed by atoms with Crippen LogP contribution in [0.25, 0.3) is 0 Å². The highest BCUT2D eigenvalue weighted by Crippen LogP contribution is 2.14. The first-order valence-electron chi connectivity index (χ1n) is 7.35. The molecule has 2 heteroatoms. The Morgan fingerprint density at radius 1 is 1.00 bits per heavy atom. The van der Waals surface area contributed by atoms with Crippen LogP contribution in [0.4, 0.5) is 0 Å². The van der Waals surface area contributed by atoms with Crippen molar-refractivity contribution < 1.29 is 5.11 Å². The molecule has 1 aliphatic rings. The maximum atomic E-state index is 9.38.